The third kappa shape index (κ3) is 2.92. The Kier molecular flexibility index (Phi) is 4.62. The van der Waals surface area contributed by atoms with E-state index < -0.39 is 43.2 Å². The third-order valence-corrected chi connectivity index (χ3v) is 4.62. The highest BCUT2D eigenvalue weighted by atomic mass is 32.1. The maximum Gasteiger partial charge on any atom is 0.268 e. The number of ether oxygens (including phenoxy) is 1. The van der Waals surface area contributed by atoms with Crippen LogP contribution in [0.5, 0.6) is 0 Å². The van der Waals surface area contributed by atoms with Crippen LogP contribution in [0.25, 0.3) is 10.6 Å². The molecule has 0 aromatic carbocycles. The van der Waals surface area contributed by atoms with Crippen LogP contribution in [0.15, 0.2) is 17.8 Å². The lowest BCUT2D eigenvalue weighted by molar-refractivity contribution is -0.253. The molecule has 24 heavy (non-hydrogen) atoms. The monoisotopic (exact) mass is 356 g/mol. The number of nitrogens with two attached hydrogens (primary N) is 1. The van der Waals surface area contributed by atoms with Gasteiger partial charge in [-0.25, -0.2) is 9.67 Å². The fraction of sp³-hybridized carbons (Fsp3) is 0.462. The maximum absolute atomic E-state index is 11.1. The van der Waals surface area contributed by atoms with E-state index in [0.717, 1.165) is 0 Å². The highest BCUT2D eigenvalue weighted by Gasteiger charge is 2.44. The molecule has 1 aliphatic rings. The van der Waals surface area contributed by atoms with Gasteiger partial charge in [-0.15, -0.1) is 11.3 Å². The van der Waals surface area contributed by atoms with Crippen molar-refractivity contribution in [3.63, 3.8) is 0 Å². The molecule has 3 heterocycles. The summed E-state index contributed by atoms with van der Waals surface area (Å²) in [6, 6.07) is 0. The third-order valence-electron chi connectivity index (χ3n) is 3.73. The number of thiazole rings is 1. The first-order chi connectivity index (χ1) is 11.4. The van der Waals surface area contributed by atoms with Crippen LogP contribution >= 0.6 is 11.3 Å². The Hall–Kier alpha value is -1.89. The first-order valence-corrected chi connectivity index (χ1v) is 7.90. The number of hydrogen-bond donors (Lipinski definition) is 5. The number of hydrogen-bond acceptors (Lipinski definition) is 9. The van der Waals surface area contributed by atoms with Gasteiger partial charge in [-0.3, -0.25) is 4.79 Å². The second-order valence-electron chi connectivity index (χ2n) is 5.33. The van der Waals surface area contributed by atoms with E-state index in [1.807, 2.05) is 0 Å². The number of amides is 1. The number of carbonyl (C=O) groups excluding carboxylic acids is 1. The van der Waals surface area contributed by atoms with Gasteiger partial charge in [-0.1, -0.05) is 0 Å². The van der Waals surface area contributed by atoms with Crippen LogP contribution in [0.2, 0.25) is 0 Å². The predicted molar refractivity (Wildman–Crippen MR) is 80.9 cm³/mol. The van der Waals surface area contributed by atoms with Gasteiger partial charge in [-0.2, -0.15) is 5.10 Å². The molecule has 1 saturated heterocycles. The fourth-order valence-electron chi connectivity index (χ4n) is 2.41. The van der Waals surface area contributed by atoms with Crippen LogP contribution in [0.1, 0.15) is 16.7 Å². The number of aromatic nitrogens is 3. The van der Waals surface area contributed by atoms with E-state index in [9.17, 15) is 25.2 Å². The molecular formula is C13H16N4O6S. The minimum Gasteiger partial charge on any atom is -0.394 e. The van der Waals surface area contributed by atoms with E-state index in [2.05, 4.69) is 10.1 Å². The zero-order chi connectivity index (χ0) is 17.4. The summed E-state index contributed by atoms with van der Waals surface area (Å²) in [6.07, 6.45) is -3.52. The number of primary amides is 1. The van der Waals surface area contributed by atoms with Gasteiger partial charge in [0.2, 0.25) is 0 Å². The summed E-state index contributed by atoms with van der Waals surface area (Å²) < 4.78 is 6.66. The predicted octanol–water partition coefficient (Wildman–Crippen LogP) is -1.92. The molecule has 0 radical (unpaired) electrons. The Labute approximate surface area is 139 Å². The van der Waals surface area contributed by atoms with Gasteiger partial charge in [0.15, 0.2) is 6.23 Å². The number of aliphatic hydroxyl groups excluding tert-OH is 4. The Morgan fingerprint density at radius 2 is 2.08 bits per heavy atom. The topological polar surface area (TPSA) is 164 Å². The molecule has 2 aromatic rings. The van der Waals surface area contributed by atoms with Crippen LogP contribution in [0.3, 0.4) is 0 Å². The Balaban J connectivity index is 1.85. The van der Waals surface area contributed by atoms with E-state index in [4.69, 9.17) is 10.5 Å². The average molecular weight is 356 g/mol. The van der Waals surface area contributed by atoms with Crippen LogP contribution in [-0.4, -0.2) is 72.1 Å². The van der Waals surface area contributed by atoms with Gasteiger partial charge in [0.05, 0.1) is 12.8 Å². The van der Waals surface area contributed by atoms with Crippen molar-refractivity contribution in [2.75, 3.05) is 6.61 Å². The molecule has 6 N–H and O–H groups in total. The summed E-state index contributed by atoms with van der Waals surface area (Å²) >= 11 is 1.20. The van der Waals surface area contributed by atoms with Crippen LogP contribution in [0, 0.1) is 0 Å². The van der Waals surface area contributed by atoms with Crippen molar-refractivity contribution in [2.24, 2.45) is 5.73 Å². The largest absolute Gasteiger partial charge is 0.394 e. The number of aliphatic hydroxyl groups is 4. The van der Waals surface area contributed by atoms with Crippen molar-refractivity contribution in [3.05, 3.63) is 23.5 Å². The van der Waals surface area contributed by atoms with Gasteiger partial charge in [0, 0.05) is 17.1 Å². The molecule has 0 saturated carbocycles. The maximum atomic E-state index is 11.1. The minimum atomic E-state index is -1.49. The lowest BCUT2D eigenvalue weighted by atomic mass is 9.98. The van der Waals surface area contributed by atoms with Crippen LogP contribution in [-0.2, 0) is 4.74 Å². The summed E-state index contributed by atoms with van der Waals surface area (Å²) in [5, 5.41) is 45.0. The smallest absolute Gasteiger partial charge is 0.268 e. The molecule has 11 heteroatoms. The summed E-state index contributed by atoms with van der Waals surface area (Å²) in [6.45, 7) is -0.524. The van der Waals surface area contributed by atoms with Gasteiger partial charge in [0.1, 0.15) is 35.1 Å². The molecule has 0 unspecified atom stereocenters. The van der Waals surface area contributed by atoms with E-state index in [0.29, 0.717) is 10.6 Å². The number of rotatable bonds is 4. The summed E-state index contributed by atoms with van der Waals surface area (Å²) in [5.41, 5.74) is 5.86. The van der Waals surface area contributed by atoms with E-state index in [1.165, 1.54) is 33.8 Å². The Morgan fingerprint density at radius 1 is 1.33 bits per heavy atom. The fourth-order valence-corrected chi connectivity index (χ4v) is 3.19. The zero-order valence-electron chi connectivity index (χ0n) is 12.3. The summed E-state index contributed by atoms with van der Waals surface area (Å²) in [5.74, 6) is -0.640. The molecule has 1 fully saturated rings. The molecule has 10 nitrogen and oxygen atoms in total. The number of carbonyl (C=O) groups is 1. The quantitative estimate of drug-likeness (QED) is 0.423. The molecule has 1 amide bonds. The van der Waals surface area contributed by atoms with E-state index >= 15 is 0 Å². The molecule has 5 atom stereocenters. The SMILES string of the molecule is NC(=O)c1csc(-c2cnn([C@@H]3O[C@@H](CO)[C@H](O)[C@@H](O)[C@H]3O)c2)n1. The first kappa shape index (κ1) is 17.0. The molecule has 3 rings (SSSR count). The van der Waals surface area contributed by atoms with Crippen LogP contribution in [0.4, 0.5) is 0 Å². The zero-order valence-corrected chi connectivity index (χ0v) is 13.1. The molecule has 0 bridgehead atoms. The van der Waals surface area contributed by atoms with Gasteiger partial charge >= 0.3 is 0 Å². The second kappa shape index (κ2) is 6.55. The van der Waals surface area contributed by atoms with Crippen molar-refractivity contribution in [3.8, 4) is 10.6 Å². The molecule has 0 aliphatic carbocycles. The van der Waals surface area contributed by atoms with Gasteiger partial charge in [0.25, 0.3) is 5.91 Å². The van der Waals surface area contributed by atoms with Crippen molar-refractivity contribution < 1.29 is 30.0 Å². The molecular weight excluding hydrogens is 340 g/mol. The summed E-state index contributed by atoms with van der Waals surface area (Å²) in [4.78, 5) is 15.2. The lowest BCUT2D eigenvalue weighted by Gasteiger charge is -2.39. The molecule has 0 spiro atoms. The van der Waals surface area contributed by atoms with Crippen LogP contribution < -0.4 is 5.73 Å². The lowest BCUT2D eigenvalue weighted by Crippen LogP contribution is -2.56. The Bertz CT molecular complexity index is 732. The average Bonchev–Trinajstić information content (AvgIpc) is 3.22. The van der Waals surface area contributed by atoms with E-state index in [-0.39, 0.29) is 5.69 Å². The van der Waals surface area contributed by atoms with Gasteiger partial charge < -0.3 is 30.9 Å². The van der Waals surface area contributed by atoms with Crippen molar-refractivity contribution >= 4 is 17.2 Å². The number of nitrogens with zero attached hydrogens (tertiary/aromatic N) is 3. The van der Waals surface area contributed by atoms with Crippen molar-refractivity contribution in [2.45, 2.75) is 30.6 Å². The molecule has 1 aliphatic heterocycles. The second-order valence-corrected chi connectivity index (χ2v) is 6.19. The van der Waals surface area contributed by atoms with Gasteiger partial charge in [-0.05, 0) is 0 Å². The first-order valence-electron chi connectivity index (χ1n) is 7.02. The summed E-state index contributed by atoms with van der Waals surface area (Å²) in [7, 11) is 0. The highest BCUT2D eigenvalue weighted by Crippen LogP contribution is 2.30. The standard InChI is InChI=1S/C13H16N4O6S/c14-11(22)6-4-24-12(16-6)5-1-15-17(2-5)13-10(21)9(20)8(19)7(3-18)23-13/h1-2,4,7-10,13,18-21H,3H2,(H2,14,22)/t7-,8-,9+,10+,13+/m0/s1. The molecule has 2 aromatic heterocycles. The van der Waals surface area contributed by atoms with E-state index in [1.54, 1.807) is 0 Å². The molecule has 130 valence electrons. The normalized spacial score (nSPS) is 30.4. The highest BCUT2D eigenvalue weighted by molar-refractivity contribution is 7.13. The van der Waals surface area contributed by atoms with Crippen molar-refractivity contribution in [1.82, 2.24) is 14.8 Å². The van der Waals surface area contributed by atoms with Crippen molar-refractivity contribution in [1.29, 1.82) is 0 Å². The minimum absolute atomic E-state index is 0.135. The Morgan fingerprint density at radius 3 is 2.71 bits per heavy atom.